The predicted molar refractivity (Wildman–Crippen MR) is 65.5 cm³/mol. The number of hydrogen-bond donors (Lipinski definition) is 1. The monoisotopic (exact) mass is 249 g/mol. The lowest BCUT2D eigenvalue weighted by Crippen LogP contribution is -2.24. The highest BCUT2D eigenvalue weighted by Gasteiger charge is 2.10. The highest BCUT2D eigenvalue weighted by Crippen LogP contribution is 2.14. The molecule has 1 atom stereocenters. The first kappa shape index (κ1) is 11.8. The molecule has 0 aliphatic carbocycles. The van der Waals surface area contributed by atoms with Crippen LogP contribution in [0.1, 0.15) is 12.0 Å². The molecule has 1 aromatic rings. The molecular formula is C12H12ClN3O. The summed E-state index contributed by atoms with van der Waals surface area (Å²) in [6, 6.07) is 9.54. The number of alkyl halides is 1. The maximum Gasteiger partial charge on any atom is 0.229 e. The summed E-state index contributed by atoms with van der Waals surface area (Å²) in [7, 11) is 0. The van der Waals surface area contributed by atoms with Gasteiger partial charge in [0.2, 0.25) is 5.91 Å². The lowest BCUT2D eigenvalue weighted by atomic mass is 10.1. The van der Waals surface area contributed by atoms with E-state index in [0.29, 0.717) is 18.7 Å². The zero-order chi connectivity index (χ0) is 12.1. The van der Waals surface area contributed by atoms with Crippen molar-refractivity contribution in [1.29, 1.82) is 0 Å². The minimum atomic E-state index is -0.315. The third kappa shape index (κ3) is 3.67. The van der Waals surface area contributed by atoms with Crippen LogP contribution in [0.15, 0.2) is 52.5 Å². The number of rotatable bonds is 3. The Balaban J connectivity index is 1.88. The zero-order valence-electron chi connectivity index (χ0n) is 9.14. The Kier molecular flexibility index (Phi) is 3.88. The van der Waals surface area contributed by atoms with Crippen LogP contribution in [0.5, 0.6) is 0 Å². The fourth-order valence-corrected chi connectivity index (χ4v) is 1.60. The minimum absolute atomic E-state index is 0.102. The molecule has 0 aromatic heterocycles. The van der Waals surface area contributed by atoms with Crippen molar-refractivity contribution in [3.63, 3.8) is 0 Å². The first-order chi connectivity index (χ1) is 8.24. The van der Waals surface area contributed by atoms with Crippen LogP contribution in [-0.4, -0.2) is 11.4 Å². The Labute approximate surface area is 104 Å². The normalized spacial score (nSPS) is 18.6. The second-order valence-corrected chi connectivity index (χ2v) is 4.19. The van der Waals surface area contributed by atoms with Crippen molar-refractivity contribution in [1.82, 2.24) is 5.32 Å². The van der Waals surface area contributed by atoms with Crippen molar-refractivity contribution in [2.75, 3.05) is 0 Å². The highest BCUT2D eigenvalue weighted by atomic mass is 35.5. The molecule has 1 N–H and O–H groups in total. The van der Waals surface area contributed by atoms with Gasteiger partial charge in [-0.2, -0.15) is 5.11 Å². The van der Waals surface area contributed by atoms with Crippen molar-refractivity contribution < 1.29 is 4.79 Å². The van der Waals surface area contributed by atoms with Gasteiger partial charge in [0, 0.05) is 6.42 Å². The number of hydrogen-bond acceptors (Lipinski definition) is 3. The van der Waals surface area contributed by atoms with E-state index in [1.807, 2.05) is 30.3 Å². The standard InChI is InChI=1S/C12H12ClN3O/c13-10-6-7-11(16-15-10)14-12(17)8-9-4-2-1-3-5-9/h1-5,7,10H,6,8H2,(H,14,17). The first-order valence-corrected chi connectivity index (χ1v) is 5.76. The Morgan fingerprint density at radius 2 is 2.18 bits per heavy atom. The molecule has 5 heteroatoms. The molecular weight excluding hydrogens is 238 g/mol. The SMILES string of the molecule is O=C(Cc1ccccc1)NC1=CCC(Cl)N=N1. The second-order valence-electron chi connectivity index (χ2n) is 3.69. The Bertz CT molecular complexity index is 456. The van der Waals surface area contributed by atoms with Crippen LogP contribution in [0.4, 0.5) is 0 Å². The maximum atomic E-state index is 11.7. The van der Waals surface area contributed by atoms with Crippen LogP contribution in [0, 0.1) is 0 Å². The van der Waals surface area contributed by atoms with Crippen LogP contribution in [-0.2, 0) is 11.2 Å². The minimum Gasteiger partial charge on any atom is -0.309 e. The first-order valence-electron chi connectivity index (χ1n) is 5.33. The van der Waals surface area contributed by atoms with Gasteiger partial charge in [-0.3, -0.25) is 4.79 Å². The van der Waals surface area contributed by atoms with Crippen molar-refractivity contribution in [3.8, 4) is 0 Å². The molecule has 1 aliphatic rings. The summed E-state index contributed by atoms with van der Waals surface area (Å²) in [5.74, 6) is 0.372. The van der Waals surface area contributed by atoms with Gasteiger partial charge in [0.15, 0.2) is 5.82 Å². The van der Waals surface area contributed by atoms with Crippen LogP contribution in [0.3, 0.4) is 0 Å². The van der Waals surface area contributed by atoms with Gasteiger partial charge in [0.05, 0.1) is 6.42 Å². The summed E-state index contributed by atoms with van der Waals surface area (Å²) in [6.07, 6.45) is 2.69. The molecule has 4 nitrogen and oxygen atoms in total. The van der Waals surface area contributed by atoms with Gasteiger partial charge >= 0.3 is 0 Å². The van der Waals surface area contributed by atoms with E-state index in [-0.39, 0.29) is 11.4 Å². The molecule has 1 heterocycles. The van der Waals surface area contributed by atoms with E-state index in [2.05, 4.69) is 15.5 Å². The number of azo groups is 1. The van der Waals surface area contributed by atoms with Crippen molar-refractivity contribution in [2.24, 2.45) is 10.2 Å². The van der Waals surface area contributed by atoms with E-state index >= 15 is 0 Å². The average molecular weight is 250 g/mol. The molecule has 0 spiro atoms. The van der Waals surface area contributed by atoms with Crippen molar-refractivity contribution >= 4 is 17.5 Å². The maximum absolute atomic E-state index is 11.7. The summed E-state index contributed by atoms with van der Waals surface area (Å²) in [5, 5.41) is 10.3. The predicted octanol–water partition coefficient (Wildman–Crippen LogP) is 2.61. The molecule has 0 bridgehead atoms. The van der Waals surface area contributed by atoms with E-state index in [9.17, 15) is 4.79 Å². The van der Waals surface area contributed by atoms with Gasteiger partial charge in [0.1, 0.15) is 5.50 Å². The molecule has 1 aromatic carbocycles. The summed E-state index contributed by atoms with van der Waals surface area (Å²) in [4.78, 5) is 11.7. The van der Waals surface area contributed by atoms with Gasteiger partial charge in [-0.1, -0.05) is 41.9 Å². The Morgan fingerprint density at radius 3 is 2.82 bits per heavy atom. The summed E-state index contributed by atoms with van der Waals surface area (Å²) in [6.45, 7) is 0. The molecule has 0 radical (unpaired) electrons. The lowest BCUT2D eigenvalue weighted by Gasteiger charge is -2.09. The number of nitrogens with one attached hydrogen (secondary N) is 1. The number of nitrogens with zero attached hydrogens (tertiary/aromatic N) is 2. The average Bonchev–Trinajstić information content (AvgIpc) is 2.33. The highest BCUT2D eigenvalue weighted by molar-refractivity contribution is 6.20. The smallest absolute Gasteiger partial charge is 0.229 e. The van der Waals surface area contributed by atoms with Gasteiger partial charge < -0.3 is 5.32 Å². The van der Waals surface area contributed by atoms with Crippen LogP contribution < -0.4 is 5.32 Å². The topological polar surface area (TPSA) is 53.8 Å². The lowest BCUT2D eigenvalue weighted by molar-refractivity contribution is -0.119. The molecule has 1 unspecified atom stereocenters. The number of carbonyl (C=O) groups is 1. The van der Waals surface area contributed by atoms with E-state index in [1.54, 1.807) is 6.08 Å². The second kappa shape index (κ2) is 5.59. The largest absolute Gasteiger partial charge is 0.309 e. The van der Waals surface area contributed by atoms with Gasteiger partial charge in [0.25, 0.3) is 0 Å². The van der Waals surface area contributed by atoms with Gasteiger partial charge in [-0.05, 0) is 11.6 Å². The molecule has 0 saturated carbocycles. The molecule has 1 aliphatic heterocycles. The molecule has 0 saturated heterocycles. The molecule has 88 valence electrons. The van der Waals surface area contributed by atoms with Crippen LogP contribution in [0.2, 0.25) is 0 Å². The number of benzene rings is 1. The summed E-state index contributed by atoms with van der Waals surface area (Å²) < 4.78 is 0. The van der Waals surface area contributed by atoms with E-state index < -0.39 is 0 Å². The summed E-state index contributed by atoms with van der Waals surface area (Å²) >= 11 is 5.73. The third-order valence-corrected chi connectivity index (χ3v) is 2.54. The molecule has 1 amide bonds. The fraction of sp³-hybridized carbons (Fsp3) is 0.250. The Morgan fingerprint density at radius 1 is 1.41 bits per heavy atom. The quantitative estimate of drug-likeness (QED) is 0.650. The number of amides is 1. The van der Waals surface area contributed by atoms with E-state index in [4.69, 9.17) is 11.6 Å². The molecule has 2 rings (SSSR count). The third-order valence-electron chi connectivity index (χ3n) is 2.27. The molecule has 17 heavy (non-hydrogen) atoms. The van der Waals surface area contributed by atoms with Gasteiger partial charge in [-0.25, -0.2) is 0 Å². The number of halogens is 1. The van der Waals surface area contributed by atoms with Crippen LogP contribution in [0.25, 0.3) is 0 Å². The fourth-order valence-electron chi connectivity index (χ4n) is 1.47. The van der Waals surface area contributed by atoms with Crippen molar-refractivity contribution in [3.05, 3.63) is 47.8 Å². The Hall–Kier alpha value is -1.68. The zero-order valence-corrected chi connectivity index (χ0v) is 9.89. The summed E-state index contributed by atoms with van der Waals surface area (Å²) in [5.41, 5.74) is 0.651. The number of carbonyl (C=O) groups excluding carboxylic acids is 1. The van der Waals surface area contributed by atoms with E-state index in [1.165, 1.54) is 0 Å². The molecule has 0 fully saturated rings. The van der Waals surface area contributed by atoms with E-state index in [0.717, 1.165) is 5.56 Å². The van der Waals surface area contributed by atoms with Crippen molar-refractivity contribution in [2.45, 2.75) is 18.3 Å². The van der Waals surface area contributed by atoms with Crippen LogP contribution >= 0.6 is 11.6 Å². The van der Waals surface area contributed by atoms with Gasteiger partial charge in [-0.15, -0.1) is 5.11 Å².